The SMILES string of the molecule is O=C(NCC(c1scnc1C(F)F)N1CCC(COc2nccc(C(F)(F)F)n2)CC1)c1c(F)cccc1Cl. The van der Waals surface area contributed by atoms with Crippen LogP contribution in [-0.4, -0.2) is 52.0 Å². The molecule has 210 valence electrons. The lowest BCUT2D eigenvalue weighted by Crippen LogP contribution is -2.43. The first-order valence-electron chi connectivity index (χ1n) is 11.7. The molecule has 15 heteroatoms. The maximum Gasteiger partial charge on any atom is 0.433 e. The van der Waals surface area contributed by atoms with Crippen molar-refractivity contribution < 1.29 is 35.9 Å². The second-order valence-corrected chi connectivity index (χ2v) is 10.0. The summed E-state index contributed by atoms with van der Waals surface area (Å²) < 4.78 is 85.5. The van der Waals surface area contributed by atoms with Crippen LogP contribution in [0.2, 0.25) is 5.02 Å². The van der Waals surface area contributed by atoms with E-state index in [1.807, 2.05) is 4.90 Å². The monoisotopic (exact) mass is 593 g/mol. The van der Waals surface area contributed by atoms with Crippen LogP contribution in [0.5, 0.6) is 6.01 Å². The molecule has 0 radical (unpaired) electrons. The van der Waals surface area contributed by atoms with E-state index < -0.39 is 41.8 Å². The van der Waals surface area contributed by atoms with Crippen molar-refractivity contribution >= 4 is 28.8 Å². The smallest absolute Gasteiger partial charge is 0.433 e. The lowest BCUT2D eigenvalue weighted by molar-refractivity contribution is -0.141. The lowest BCUT2D eigenvalue weighted by Gasteiger charge is -2.37. The largest absolute Gasteiger partial charge is 0.463 e. The van der Waals surface area contributed by atoms with Gasteiger partial charge in [-0.3, -0.25) is 9.69 Å². The Morgan fingerprint density at radius 2 is 1.95 bits per heavy atom. The Morgan fingerprint density at radius 1 is 1.21 bits per heavy atom. The van der Waals surface area contributed by atoms with Gasteiger partial charge in [0.1, 0.15) is 11.5 Å². The molecule has 0 aliphatic carbocycles. The maximum absolute atomic E-state index is 14.2. The number of nitrogens with one attached hydrogen (secondary N) is 1. The molecule has 1 aromatic carbocycles. The molecule has 3 heterocycles. The van der Waals surface area contributed by atoms with Gasteiger partial charge in [0.15, 0.2) is 5.69 Å². The molecule has 1 unspecified atom stereocenters. The van der Waals surface area contributed by atoms with Crippen molar-refractivity contribution in [3.63, 3.8) is 0 Å². The van der Waals surface area contributed by atoms with Crippen molar-refractivity contribution in [3.05, 3.63) is 68.6 Å². The van der Waals surface area contributed by atoms with E-state index in [0.29, 0.717) is 25.9 Å². The summed E-state index contributed by atoms with van der Waals surface area (Å²) in [4.78, 5) is 25.8. The zero-order chi connectivity index (χ0) is 28.2. The molecule has 7 nitrogen and oxygen atoms in total. The maximum atomic E-state index is 14.2. The van der Waals surface area contributed by atoms with Gasteiger partial charge in [-0.15, -0.1) is 11.3 Å². The molecule has 0 saturated carbocycles. The third-order valence-corrected chi connectivity index (χ3v) is 7.50. The van der Waals surface area contributed by atoms with Crippen LogP contribution >= 0.6 is 22.9 Å². The van der Waals surface area contributed by atoms with Crippen LogP contribution in [0.3, 0.4) is 0 Å². The van der Waals surface area contributed by atoms with Gasteiger partial charge in [-0.1, -0.05) is 17.7 Å². The summed E-state index contributed by atoms with van der Waals surface area (Å²) in [6, 6.07) is 3.50. The predicted octanol–water partition coefficient (Wildman–Crippen LogP) is 5.94. The van der Waals surface area contributed by atoms with Crippen molar-refractivity contribution in [2.75, 3.05) is 26.2 Å². The van der Waals surface area contributed by atoms with Gasteiger partial charge in [0.25, 0.3) is 12.3 Å². The molecule has 1 aliphatic heterocycles. The van der Waals surface area contributed by atoms with Gasteiger partial charge in [-0.25, -0.2) is 23.1 Å². The lowest BCUT2D eigenvalue weighted by atomic mass is 9.96. The first-order valence-corrected chi connectivity index (χ1v) is 13.0. The molecule has 1 saturated heterocycles. The zero-order valence-corrected chi connectivity index (χ0v) is 21.7. The normalized spacial score (nSPS) is 15.9. The summed E-state index contributed by atoms with van der Waals surface area (Å²) in [5.41, 5.74) is -0.544. The third-order valence-electron chi connectivity index (χ3n) is 6.24. The van der Waals surface area contributed by atoms with Gasteiger partial charge in [0.05, 0.1) is 33.6 Å². The van der Waals surface area contributed by atoms with Gasteiger partial charge >= 0.3 is 12.2 Å². The number of halogens is 7. The minimum atomic E-state index is -4.62. The number of aromatic nitrogens is 3. The molecule has 1 atom stereocenters. The second kappa shape index (κ2) is 12.5. The quantitative estimate of drug-likeness (QED) is 0.309. The van der Waals surface area contributed by atoms with Gasteiger partial charge in [0, 0.05) is 12.7 Å². The number of nitrogens with zero attached hydrogens (tertiary/aromatic N) is 4. The van der Waals surface area contributed by atoms with Crippen molar-refractivity contribution in [2.24, 2.45) is 5.92 Å². The van der Waals surface area contributed by atoms with Gasteiger partial charge in [0.2, 0.25) is 0 Å². The number of hydrogen-bond acceptors (Lipinski definition) is 7. The Kier molecular flexibility index (Phi) is 9.28. The molecule has 1 amide bonds. The summed E-state index contributed by atoms with van der Waals surface area (Å²) in [6.07, 6.45) is -5.42. The summed E-state index contributed by atoms with van der Waals surface area (Å²) in [5.74, 6) is -1.65. The molecule has 0 spiro atoms. The highest BCUT2D eigenvalue weighted by Gasteiger charge is 2.34. The first-order chi connectivity index (χ1) is 18.5. The number of carbonyl (C=O) groups is 1. The van der Waals surface area contributed by atoms with Gasteiger partial charge in [-0.2, -0.15) is 18.2 Å². The minimum absolute atomic E-state index is 0.0529. The van der Waals surface area contributed by atoms with Crippen LogP contribution in [0.25, 0.3) is 0 Å². The molecule has 4 rings (SSSR count). The number of piperidine rings is 1. The Balaban J connectivity index is 1.42. The Morgan fingerprint density at radius 3 is 2.62 bits per heavy atom. The fourth-order valence-electron chi connectivity index (χ4n) is 4.25. The van der Waals surface area contributed by atoms with Gasteiger partial charge < -0.3 is 10.1 Å². The Bertz CT molecular complexity index is 1270. The van der Waals surface area contributed by atoms with Gasteiger partial charge in [-0.05, 0) is 50.0 Å². The van der Waals surface area contributed by atoms with Crippen LogP contribution < -0.4 is 10.1 Å². The molecule has 1 N–H and O–H groups in total. The fraction of sp³-hybridized carbons (Fsp3) is 0.417. The molecule has 1 aliphatic rings. The number of carbonyl (C=O) groups excluding carboxylic acids is 1. The number of ether oxygens (including phenoxy) is 1. The second-order valence-electron chi connectivity index (χ2n) is 8.74. The van der Waals surface area contributed by atoms with E-state index in [1.54, 1.807) is 0 Å². The predicted molar refractivity (Wildman–Crippen MR) is 130 cm³/mol. The van der Waals surface area contributed by atoms with Crippen LogP contribution in [-0.2, 0) is 6.18 Å². The van der Waals surface area contributed by atoms with E-state index in [1.165, 1.54) is 17.6 Å². The number of amides is 1. The molecule has 1 fully saturated rings. The number of hydrogen-bond donors (Lipinski definition) is 1. The molecule has 39 heavy (non-hydrogen) atoms. The van der Waals surface area contributed by atoms with Crippen molar-refractivity contribution in [1.29, 1.82) is 0 Å². The standard InChI is InChI=1S/C24H22ClF6N5O2S/c25-14-2-1-3-15(26)18(14)22(37)33-10-16(20-19(21(27)28)34-12-39-20)36-8-5-13(6-9-36)11-38-23-32-7-4-17(35-23)24(29,30)31/h1-4,7,12-13,16,21H,5-6,8-11H2,(H,33,37). The number of likely N-dealkylation sites (tertiary alicyclic amines) is 1. The van der Waals surface area contributed by atoms with Crippen LogP contribution in [0, 0.1) is 11.7 Å². The minimum Gasteiger partial charge on any atom is -0.463 e. The highest BCUT2D eigenvalue weighted by atomic mass is 35.5. The zero-order valence-electron chi connectivity index (χ0n) is 20.1. The van der Waals surface area contributed by atoms with Crippen LogP contribution in [0.15, 0.2) is 36.0 Å². The van der Waals surface area contributed by atoms with E-state index in [4.69, 9.17) is 16.3 Å². The number of rotatable bonds is 9. The number of thiazole rings is 1. The van der Waals surface area contributed by atoms with Crippen molar-refractivity contribution in [1.82, 2.24) is 25.2 Å². The first kappa shape index (κ1) is 29.0. The van der Waals surface area contributed by atoms with E-state index in [9.17, 15) is 31.1 Å². The third kappa shape index (κ3) is 7.17. The average Bonchev–Trinajstić information content (AvgIpc) is 3.38. The Labute approximate surface area is 228 Å². The van der Waals surface area contributed by atoms with E-state index in [0.717, 1.165) is 29.7 Å². The summed E-state index contributed by atoms with van der Waals surface area (Å²) in [6.45, 7) is 0.800. The molecular weight excluding hydrogens is 572 g/mol. The van der Waals surface area contributed by atoms with E-state index in [2.05, 4.69) is 20.3 Å². The molecule has 3 aromatic rings. The topological polar surface area (TPSA) is 80.2 Å². The molecule has 2 aromatic heterocycles. The Hall–Kier alpha value is -2.97. The number of alkyl halides is 5. The van der Waals surface area contributed by atoms with Crippen molar-refractivity contribution in [3.8, 4) is 6.01 Å². The van der Waals surface area contributed by atoms with E-state index in [-0.39, 0.29) is 40.5 Å². The summed E-state index contributed by atoms with van der Waals surface area (Å²) >= 11 is 7.01. The van der Waals surface area contributed by atoms with E-state index >= 15 is 0 Å². The molecular formula is C24H22ClF6N5O2S. The summed E-state index contributed by atoms with van der Waals surface area (Å²) in [5, 5.41) is 2.52. The van der Waals surface area contributed by atoms with Crippen LogP contribution in [0.4, 0.5) is 26.3 Å². The summed E-state index contributed by atoms with van der Waals surface area (Å²) in [7, 11) is 0. The fourth-order valence-corrected chi connectivity index (χ4v) is 5.43. The van der Waals surface area contributed by atoms with Crippen molar-refractivity contribution in [2.45, 2.75) is 31.5 Å². The highest BCUT2D eigenvalue weighted by molar-refractivity contribution is 7.09. The highest BCUT2D eigenvalue weighted by Crippen LogP contribution is 2.35. The number of benzene rings is 1. The van der Waals surface area contributed by atoms with Crippen LogP contribution in [0.1, 0.15) is 51.9 Å². The average molecular weight is 594 g/mol. The molecule has 0 bridgehead atoms.